The molecule has 7 heteroatoms. The number of hydrogen-bond donors (Lipinski definition) is 1. The number of alkyl carbamates (subject to hydrolysis) is 1. The van der Waals surface area contributed by atoms with Gasteiger partial charge >= 0.3 is 6.09 Å². The maximum absolute atomic E-state index is 13.1. The number of nitriles is 1. The monoisotopic (exact) mass is 298 g/mol. The predicted octanol–water partition coefficient (Wildman–Crippen LogP) is 2.74. The molecule has 0 saturated carbocycles. The van der Waals surface area contributed by atoms with Gasteiger partial charge in [-0.25, -0.2) is 13.6 Å². The molecule has 21 heavy (non-hydrogen) atoms. The number of carbonyl (C=O) groups excluding carboxylic acids is 1. The van der Waals surface area contributed by atoms with Gasteiger partial charge in [-0.1, -0.05) is 0 Å². The molecular weight excluding hydrogens is 282 g/mol. The summed E-state index contributed by atoms with van der Waals surface area (Å²) in [7, 11) is 0. The molecule has 0 fully saturated rings. The second-order valence-corrected chi connectivity index (χ2v) is 5.15. The van der Waals surface area contributed by atoms with Gasteiger partial charge in [-0.2, -0.15) is 5.26 Å². The Morgan fingerprint density at radius 2 is 1.95 bits per heavy atom. The zero-order valence-corrected chi connectivity index (χ0v) is 12.0. The number of rotatable bonds is 4. The molecule has 0 heterocycles. The maximum Gasteiger partial charge on any atom is 0.407 e. The van der Waals surface area contributed by atoms with Crippen LogP contribution in [-0.4, -0.2) is 24.8 Å². The second kappa shape index (κ2) is 6.88. The van der Waals surface area contributed by atoms with Crippen LogP contribution in [0.2, 0.25) is 0 Å². The molecule has 0 spiro atoms. The molecule has 0 saturated heterocycles. The number of amides is 1. The molecule has 1 amide bonds. The van der Waals surface area contributed by atoms with E-state index in [1.807, 2.05) is 0 Å². The molecule has 0 aliphatic heterocycles. The van der Waals surface area contributed by atoms with E-state index in [-0.39, 0.29) is 24.5 Å². The van der Waals surface area contributed by atoms with E-state index in [0.717, 1.165) is 12.1 Å². The zero-order chi connectivity index (χ0) is 16.0. The molecule has 0 radical (unpaired) electrons. The first-order valence-corrected chi connectivity index (χ1v) is 6.21. The van der Waals surface area contributed by atoms with Gasteiger partial charge in [-0.05, 0) is 26.8 Å². The molecule has 0 bridgehead atoms. The van der Waals surface area contributed by atoms with Gasteiger partial charge in [0, 0.05) is 6.07 Å². The number of nitrogens with zero attached hydrogens (tertiary/aromatic N) is 1. The van der Waals surface area contributed by atoms with Crippen molar-refractivity contribution in [3.63, 3.8) is 0 Å². The third kappa shape index (κ3) is 5.65. The third-order valence-electron chi connectivity index (χ3n) is 2.17. The minimum Gasteiger partial charge on any atom is -0.490 e. The molecule has 0 aliphatic rings. The lowest BCUT2D eigenvalue weighted by atomic mass is 10.2. The summed E-state index contributed by atoms with van der Waals surface area (Å²) in [6, 6.07) is 3.25. The number of hydrogen-bond acceptors (Lipinski definition) is 4. The van der Waals surface area contributed by atoms with Crippen LogP contribution in [0.25, 0.3) is 0 Å². The van der Waals surface area contributed by atoms with Gasteiger partial charge in [0.2, 0.25) is 0 Å². The Morgan fingerprint density at radius 3 is 2.52 bits per heavy atom. The number of ether oxygens (including phenoxy) is 2. The topological polar surface area (TPSA) is 71.3 Å². The van der Waals surface area contributed by atoms with Crippen molar-refractivity contribution >= 4 is 6.09 Å². The average molecular weight is 298 g/mol. The van der Waals surface area contributed by atoms with E-state index in [0.29, 0.717) is 0 Å². The summed E-state index contributed by atoms with van der Waals surface area (Å²) in [6.45, 7) is 5.26. The van der Waals surface area contributed by atoms with Crippen LogP contribution in [-0.2, 0) is 4.74 Å². The smallest absolute Gasteiger partial charge is 0.407 e. The fraction of sp³-hybridized carbons (Fsp3) is 0.429. The summed E-state index contributed by atoms with van der Waals surface area (Å²) in [5, 5.41) is 11.2. The first-order chi connectivity index (χ1) is 9.73. The third-order valence-corrected chi connectivity index (χ3v) is 2.17. The van der Waals surface area contributed by atoms with Crippen LogP contribution >= 0.6 is 0 Å². The fourth-order valence-electron chi connectivity index (χ4n) is 1.36. The minimum atomic E-state index is -1.12. The largest absolute Gasteiger partial charge is 0.490 e. The highest BCUT2D eigenvalue weighted by atomic mass is 19.2. The Balaban J connectivity index is 2.49. The van der Waals surface area contributed by atoms with E-state index < -0.39 is 23.3 Å². The molecule has 1 aromatic rings. The van der Waals surface area contributed by atoms with E-state index >= 15 is 0 Å². The normalized spacial score (nSPS) is 10.7. The lowest BCUT2D eigenvalue weighted by Crippen LogP contribution is -2.34. The van der Waals surface area contributed by atoms with Crippen molar-refractivity contribution < 1.29 is 23.0 Å². The Morgan fingerprint density at radius 1 is 1.33 bits per heavy atom. The molecule has 0 aliphatic carbocycles. The van der Waals surface area contributed by atoms with Crippen LogP contribution in [0.5, 0.6) is 5.75 Å². The SMILES string of the molecule is CC(C)(C)OC(=O)NCCOc1cc(F)c(F)cc1C#N. The van der Waals surface area contributed by atoms with E-state index in [9.17, 15) is 13.6 Å². The number of benzene rings is 1. The number of nitrogens with one attached hydrogen (secondary N) is 1. The van der Waals surface area contributed by atoms with Crippen molar-refractivity contribution in [2.24, 2.45) is 0 Å². The highest BCUT2D eigenvalue weighted by Gasteiger charge is 2.15. The van der Waals surface area contributed by atoms with Gasteiger partial charge in [-0.3, -0.25) is 0 Å². The standard InChI is InChI=1S/C14H16F2N2O3/c1-14(2,3)21-13(19)18-4-5-20-12-7-11(16)10(15)6-9(12)8-17/h6-7H,4-5H2,1-3H3,(H,18,19). The Bertz CT molecular complexity index is 563. The highest BCUT2D eigenvalue weighted by Crippen LogP contribution is 2.21. The van der Waals surface area contributed by atoms with Crippen LogP contribution in [0.3, 0.4) is 0 Å². The van der Waals surface area contributed by atoms with Gasteiger partial charge in [0.05, 0.1) is 12.1 Å². The lowest BCUT2D eigenvalue weighted by Gasteiger charge is -2.19. The Labute approximate surface area is 121 Å². The van der Waals surface area contributed by atoms with Gasteiger partial charge in [0.15, 0.2) is 11.6 Å². The summed E-state index contributed by atoms with van der Waals surface area (Å²) in [6.07, 6.45) is -0.614. The van der Waals surface area contributed by atoms with Crippen molar-refractivity contribution in [1.82, 2.24) is 5.32 Å². The molecule has 0 aromatic heterocycles. The van der Waals surface area contributed by atoms with Crippen molar-refractivity contribution in [3.8, 4) is 11.8 Å². The van der Waals surface area contributed by atoms with Crippen LogP contribution < -0.4 is 10.1 Å². The van der Waals surface area contributed by atoms with Gasteiger partial charge in [0.1, 0.15) is 24.0 Å². The predicted molar refractivity (Wildman–Crippen MR) is 70.8 cm³/mol. The summed E-state index contributed by atoms with van der Waals surface area (Å²) >= 11 is 0. The second-order valence-electron chi connectivity index (χ2n) is 5.15. The maximum atomic E-state index is 13.1. The molecule has 1 aromatic carbocycles. The van der Waals surface area contributed by atoms with E-state index in [1.165, 1.54) is 0 Å². The van der Waals surface area contributed by atoms with Crippen LogP contribution in [0.1, 0.15) is 26.3 Å². The van der Waals surface area contributed by atoms with E-state index in [4.69, 9.17) is 14.7 Å². The van der Waals surface area contributed by atoms with Gasteiger partial charge in [0.25, 0.3) is 0 Å². The lowest BCUT2D eigenvalue weighted by molar-refractivity contribution is 0.0520. The Hall–Kier alpha value is -2.36. The van der Waals surface area contributed by atoms with E-state index in [2.05, 4.69) is 5.32 Å². The highest BCUT2D eigenvalue weighted by molar-refractivity contribution is 5.67. The zero-order valence-electron chi connectivity index (χ0n) is 12.0. The molecule has 5 nitrogen and oxygen atoms in total. The minimum absolute atomic E-state index is 0.0149. The first kappa shape index (κ1) is 16.7. The molecule has 1 N–H and O–H groups in total. The van der Waals surface area contributed by atoms with Crippen LogP contribution in [0.15, 0.2) is 12.1 Å². The van der Waals surface area contributed by atoms with Crippen molar-refractivity contribution in [3.05, 3.63) is 29.3 Å². The fourth-order valence-corrected chi connectivity index (χ4v) is 1.36. The molecular formula is C14H16F2N2O3. The van der Waals surface area contributed by atoms with Gasteiger partial charge in [-0.15, -0.1) is 0 Å². The van der Waals surface area contributed by atoms with Gasteiger partial charge < -0.3 is 14.8 Å². The average Bonchev–Trinajstić information content (AvgIpc) is 2.36. The summed E-state index contributed by atoms with van der Waals surface area (Å²) < 4.78 is 36.2. The molecule has 114 valence electrons. The van der Waals surface area contributed by atoms with Crippen molar-refractivity contribution in [1.29, 1.82) is 5.26 Å². The van der Waals surface area contributed by atoms with Crippen molar-refractivity contribution in [2.45, 2.75) is 26.4 Å². The summed E-state index contributed by atoms with van der Waals surface area (Å²) in [5.74, 6) is -2.31. The Kier molecular flexibility index (Phi) is 5.47. The summed E-state index contributed by atoms with van der Waals surface area (Å²) in [4.78, 5) is 11.3. The van der Waals surface area contributed by atoms with Crippen molar-refractivity contribution in [2.75, 3.05) is 13.2 Å². The first-order valence-electron chi connectivity index (χ1n) is 6.21. The molecule has 0 atom stereocenters. The number of carbonyl (C=O) groups is 1. The van der Waals surface area contributed by atoms with Crippen LogP contribution in [0.4, 0.5) is 13.6 Å². The number of halogens is 2. The quantitative estimate of drug-likeness (QED) is 0.868. The molecule has 1 rings (SSSR count). The molecule has 0 unspecified atom stereocenters. The van der Waals surface area contributed by atoms with E-state index in [1.54, 1.807) is 26.8 Å². The summed E-state index contributed by atoms with van der Waals surface area (Å²) in [5.41, 5.74) is -0.731. The van der Waals surface area contributed by atoms with Crippen LogP contribution in [0, 0.1) is 23.0 Å².